The standard InChI is InChI=1S/C20H22N2O4S/c23-19-9-5-4-8-16(19)20(24)22-11-10-21(12-15-6-2-1-3-7-15)17-13-27(25,26)14-18(17)22/h1-9,17-18,23H,10-14H2. The van der Waals surface area contributed by atoms with Crippen molar-refractivity contribution in [3.8, 4) is 5.75 Å². The third-order valence-electron chi connectivity index (χ3n) is 5.41. The summed E-state index contributed by atoms with van der Waals surface area (Å²) in [5, 5.41) is 10.0. The number of hydrogen-bond acceptors (Lipinski definition) is 5. The molecule has 1 N–H and O–H groups in total. The second-order valence-corrected chi connectivity index (χ2v) is 9.34. The van der Waals surface area contributed by atoms with E-state index in [9.17, 15) is 18.3 Å². The smallest absolute Gasteiger partial charge is 0.257 e. The molecule has 7 heteroatoms. The number of fused-ring (bicyclic) bond motifs is 1. The van der Waals surface area contributed by atoms with Crippen LogP contribution < -0.4 is 0 Å². The maximum absolute atomic E-state index is 13.0. The first kappa shape index (κ1) is 18.0. The molecule has 142 valence electrons. The van der Waals surface area contributed by atoms with Crippen molar-refractivity contribution in [3.63, 3.8) is 0 Å². The number of benzene rings is 2. The van der Waals surface area contributed by atoms with Crippen LogP contribution in [0.5, 0.6) is 5.75 Å². The lowest BCUT2D eigenvalue weighted by atomic mass is 10.0. The molecule has 2 atom stereocenters. The minimum absolute atomic E-state index is 0.0255. The van der Waals surface area contributed by atoms with Gasteiger partial charge in [-0.1, -0.05) is 42.5 Å². The van der Waals surface area contributed by atoms with E-state index in [1.807, 2.05) is 30.3 Å². The summed E-state index contributed by atoms with van der Waals surface area (Å²) in [5.41, 5.74) is 1.35. The van der Waals surface area contributed by atoms with Crippen LogP contribution in [-0.4, -0.2) is 65.9 Å². The molecule has 0 bridgehead atoms. The average molecular weight is 386 g/mol. The van der Waals surface area contributed by atoms with Gasteiger partial charge in [0.25, 0.3) is 5.91 Å². The Bertz CT molecular complexity index is 945. The topological polar surface area (TPSA) is 77.9 Å². The quantitative estimate of drug-likeness (QED) is 0.865. The van der Waals surface area contributed by atoms with Crippen LogP contribution in [0.4, 0.5) is 0 Å². The molecule has 4 rings (SSSR count). The number of para-hydroxylation sites is 1. The van der Waals surface area contributed by atoms with Crippen molar-refractivity contribution >= 4 is 15.7 Å². The molecule has 1 amide bonds. The molecule has 2 heterocycles. The van der Waals surface area contributed by atoms with Crippen LogP contribution in [0.25, 0.3) is 0 Å². The second kappa shape index (κ2) is 6.98. The van der Waals surface area contributed by atoms with E-state index >= 15 is 0 Å². The number of hydrogen-bond donors (Lipinski definition) is 1. The lowest BCUT2D eigenvalue weighted by molar-refractivity contribution is 0.0304. The molecule has 2 saturated heterocycles. The molecule has 2 aliphatic heterocycles. The zero-order valence-electron chi connectivity index (χ0n) is 14.9. The van der Waals surface area contributed by atoms with Crippen molar-refractivity contribution in [1.82, 2.24) is 9.80 Å². The molecule has 0 saturated carbocycles. The van der Waals surface area contributed by atoms with Gasteiger partial charge in [0.1, 0.15) is 5.75 Å². The summed E-state index contributed by atoms with van der Waals surface area (Å²) in [6.45, 7) is 1.71. The number of carbonyl (C=O) groups excluding carboxylic acids is 1. The predicted octanol–water partition coefficient (Wildman–Crippen LogP) is 1.52. The summed E-state index contributed by atoms with van der Waals surface area (Å²) in [7, 11) is -3.21. The fourth-order valence-electron chi connectivity index (χ4n) is 4.10. The Balaban J connectivity index is 1.60. The summed E-state index contributed by atoms with van der Waals surface area (Å²) in [4.78, 5) is 16.8. The monoisotopic (exact) mass is 386 g/mol. The van der Waals surface area contributed by atoms with Gasteiger partial charge in [0, 0.05) is 25.7 Å². The van der Waals surface area contributed by atoms with Gasteiger partial charge >= 0.3 is 0 Å². The fraction of sp³-hybridized carbons (Fsp3) is 0.350. The maximum Gasteiger partial charge on any atom is 0.257 e. The van der Waals surface area contributed by atoms with Gasteiger partial charge < -0.3 is 10.0 Å². The number of nitrogens with zero attached hydrogens (tertiary/aromatic N) is 2. The van der Waals surface area contributed by atoms with Gasteiger partial charge in [-0.2, -0.15) is 0 Å². The zero-order chi connectivity index (χ0) is 19.0. The summed E-state index contributed by atoms with van der Waals surface area (Å²) >= 11 is 0. The molecule has 2 fully saturated rings. The third kappa shape index (κ3) is 3.57. The average Bonchev–Trinajstić information content (AvgIpc) is 2.98. The van der Waals surface area contributed by atoms with Crippen LogP contribution in [0.2, 0.25) is 0 Å². The third-order valence-corrected chi connectivity index (χ3v) is 7.11. The van der Waals surface area contributed by atoms with E-state index in [-0.39, 0.29) is 40.8 Å². The van der Waals surface area contributed by atoms with Gasteiger partial charge in [0.2, 0.25) is 0 Å². The highest BCUT2D eigenvalue weighted by molar-refractivity contribution is 7.91. The Labute approximate surface area is 158 Å². The first-order chi connectivity index (χ1) is 12.9. The lowest BCUT2D eigenvalue weighted by Gasteiger charge is -2.44. The molecular formula is C20H22N2O4S. The number of amides is 1. The van der Waals surface area contributed by atoms with Crippen LogP contribution >= 0.6 is 0 Å². The first-order valence-electron chi connectivity index (χ1n) is 9.02. The van der Waals surface area contributed by atoms with Gasteiger partial charge in [0.15, 0.2) is 9.84 Å². The van der Waals surface area contributed by atoms with Gasteiger partial charge in [-0.15, -0.1) is 0 Å². The Kier molecular flexibility index (Phi) is 4.65. The van der Waals surface area contributed by atoms with E-state index in [2.05, 4.69) is 4.90 Å². The maximum atomic E-state index is 13.0. The highest BCUT2D eigenvalue weighted by Gasteiger charge is 2.48. The number of sulfone groups is 1. The van der Waals surface area contributed by atoms with Gasteiger partial charge in [-0.25, -0.2) is 8.42 Å². The molecular weight excluding hydrogens is 364 g/mol. The van der Waals surface area contributed by atoms with Crippen LogP contribution in [0.15, 0.2) is 54.6 Å². The summed E-state index contributed by atoms with van der Waals surface area (Å²) < 4.78 is 24.7. The van der Waals surface area contributed by atoms with Crippen molar-refractivity contribution < 1.29 is 18.3 Å². The molecule has 2 aliphatic rings. The van der Waals surface area contributed by atoms with E-state index in [0.717, 1.165) is 5.56 Å². The summed E-state index contributed by atoms with van der Waals surface area (Å²) in [6.07, 6.45) is 0. The van der Waals surface area contributed by atoms with Crippen molar-refractivity contribution in [2.75, 3.05) is 24.6 Å². The van der Waals surface area contributed by atoms with Crippen molar-refractivity contribution in [1.29, 1.82) is 0 Å². The van der Waals surface area contributed by atoms with Gasteiger partial charge in [-0.05, 0) is 17.7 Å². The highest BCUT2D eigenvalue weighted by Crippen LogP contribution is 2.30. The van der Waals surface area contributed by atoms with E-state index in [1.165, 1.54) is 6.07 Å². The van der Waals surface area contributed by atoms with Crippen molar-refractivity contribution in [2.45, 2.75) is 18.6 Å². The fourth-order valence-corrected chi connectivity index (χ4v) is 6.11. The number of rotatable bonds is 3. The number of phenols is 1. The van der Waals surface area contributed by atoms with Crippen molar-refractivity contribution in [2.24, 2.45) is 0 Å². The van der Waals surface area contributed by atoms with Gasteiger partial charge in [0.05, 0.1) is 23.1 Å². The molecule has 2 unspecified atom stereocenters. The molecule has 0 radical (unpaired) electrons. The Morgan fingerprint density at radius 1 is 0.963 bits per heavy atom. The minimum atomic E-state index is -3.21. The van der Waals surface area contributed by atoms with E-state index in [1.54, 1.807) is 23.1 Å². The van der Waals surface area contributed by atoms with E-state index < -0.39 is 9.84 Å². The van der Waals surface area contributed by atoms with Crippen molar-refractivity contribution in [3.05, 3.63) is 65.7 Å². The molecule has 0 spiro atoms. The van der Waals surface area contributed by atoms with Crippen LogP contribution in [0.1, 0.15) is 15.9 Å². The Morgan fingerprint density at radius 2 is 1.63 bits per heavy atom. The molecule has 2 aromatic rings. The van der Waals surface area contributed by atoms with Crippen LogP contribution in [0, 0.1) is 0 Å². The number of aromatic hydroxyl groups is 1. The predicted molar refractivity (Wildman–Crippen MR) is 102 cm³/mol. The zero-order valence-corrected chi connectivity index (χ0v) is 15.7. The summed E-state index contributed by atoms with van der Waals surface area (Å²) in [5.74, 6) is -0.344. The molecule has 6 nitrogen and oxygen atoms in total. The molecule has 0 aliphatic carbocycles. The van der Waals surface area contributed by atoms with E-state index in [4.69, 9.17) is 0 Å². The number of piperazine rings is 1. The lowest BCUT2D eigenvalue weighted by Crippen LogP contribution is -2.60. The molecule has 27 heavy (non-hydrogen) atoms. The van der Waals surface area contributed by atoms with Crippen LogP contribution in [0.3, 0.4) is 0 Å². The number of phenolic OH excluding ortho intramolecular Hbond substituents is 1. The first-order valence-corrected chi connectivity index (χ1v) is 10.8. The summed E-state index contributed by atoms with van der Waals surface area (Å²) in [6, 6.07) is 15.7. The number of carbonyl (C=O) groups is 1. The van der Waals surface area contributed by atoms with E-state index in [0.29, 0.717) is 19.6 Å². The Morgan fingerprint density at radius 3 is 2.37 bits per heavy atom. The molecule has 0 aromatic heterocycles. The second-order valence-electron chi connectivity index (χ2n) is 7.18. The normalized spacial score (nSPS) is 24.5. The highest BCUT2D eigenvalue weighted by atomic mass is 32.2. The molecule has 2 aromatic carbocycles. The SMILES string of the molecule is O=C(c1ccccc1O)N1CCN(Cc2ccccc2)C2CS(=O)(=O)CC21. The van der Waals surface area contributed by atoms with Crippen LogP contribution in [-0.2, 0) is 16.4 Å². The minimum Gasteiger partial charge on any atom is -0.507 e. The van der Waals surface area contributed by atoms with Gasteiger partial charge in [-0.3, -0.25) is 9.69 Å². The Hall–Kier alpha value is -2.38. The largest absolute Gasteiger partial charge is 0.507 e.